The Labute approximate surface area is 397 Å². The lowest BCUT2D eigenvalue weighted by Crippen LogP contribution is -2.10. The summed E-state index contributed by atoms with van der Waals surface area (Å²) >= 11 is 0. The molecular weight excluding hydrogens is 821 g/mol. The van der Waals surface area contributed by atoms with Crippen LogP contribution in [0.1, 0.15) is 0 Å². The number of anilines is 3. The van der Waals surface area contributed by atoms with Crippen LogP contribution >= 0.6 is 0 Å². The number of rotatable bonds is 10. The number of aromatic nitrogens is 1. The van der Waals surface area contributed by atoms with Gasteiger partial charge in [-0.1, -0.05) is 200 Å². The van der Waals surface area contributed by atoms with Crippen molar-refractivity contribution < 1.29 is 0 Å². The van der Waals surface area contributed by atoms with E-state index in [2.05, 4.69) is 289 Å². The van der Waals surface area contributed by atoms with Crippen LogP contribution in [0.5, 0.6) is 0 Å². The van der Waals surface area contributed by atoms with Gasteiger partial charge in [0.05, 0.1) is 11.0 Å². The molecule has 0 fully saturated rings. The zero-order valence-electron chi connectivity index (χ0n) is 37.5. The van der Waals surface area contributed by atoms with Crippen molar-refractivity contribution in [2.45, 2.75) is 0 Å². The molecule has 68 heavy (non-hydrogen) atoms. The Morgan fingerprint density at radius 3 is 1.15 bits per heavy atom. The van der Waals surface area contributed by atoms with E-state index < -0.39 is 0 Å². The van der Waals surface area contributed by atoms with Gasteiger partial charge in [-0.2, -0.15) is 0 Å². The third-order valence-electron chi connectivity index (χ3n) is 13.2. The largest absolute Gasteiger partial charge is 0.310 e. The fourth-order valence-electron chi connectivity index (χ4n) is 9.86. The molecule has 12 aromatic rings. The molecule has 0 radical (unpaired) electrons. The Balaban J connectivity index is 0.967. The van der Waals surface area contributed by atoms with Crippen molar-refractivity contribution in [2.75, 3.05) is 4.90 Å². The molecular formula is C66H46N2. The molecule has 0 unspecified atom stereocenters. The van der Waals surface area contributed by atoms with Crippen LogP contribution in [0.15, 0.2) is 279 Å². The third-order valence-corrected chi connectivity index (χ3v) is 13.2. The summed E-state index contributed by atoms with van der Waals surface area (Å²) in [5.41, 5.74) is 21.0. The minimum absolute atomic E-state index is 1.08. The van der Waals surface area contributed by atoms with Crippen molar-refractivity contribution in [3.63, 3.8) is 0 Å². The maximum Gasteiger partial charge on any atom is 0.0547 e. The summed E-state index contributed by atoms with van der Waals surface area (Å²) in [7, 11) is 0. The zero-order valence-corrected chi connectivity index (χ0v) is 37.5. The van der Waals surface area contributed by atoms with Crippen LogP contribution in [0.25, 0.3) is 94.3 Å². The van der Waals surface area contributed by atoms with Crippen molar-refractivity contribution in [1.82, 2.24) is 4.57 Å². The topological polar surface area (TPSA) is 8.17 Å². The molecule has 11 aromatic carbocycles. The first-order valence-electron chi connectivity index (χ1n) is 23.3. The second-order valence-corrected chi connectivity index (χ2v) is 17.3. The number of nitrogens with zero attached hydrogens (tertiary/aromatic N) is 2. The fraction of sp³-hybridized carbons (Fsp3) is 0. The number of para-hydroxylation sites is 2. The van der Waals surface area contributed by atoms with Gasteiger partial charge in [0.25, 0.3) is 0 Å². The number of hydrogen-bond acceptors (Lipinski definition) is 1. The van der Waals surface area contributed by atoms with Crippen molar-refractivity contribution in [3.8, 4) is 72.4 Å². The van der Waals surface area contributed by atoms with E-state index in [1.807, 2.05) is 0 Å². The molecule has 0 amide bonds. The number of benzene rings is 11. The first-order valence-corrected chi connectivity index (χ1v) is 23.3. The molecule has 2 nitrogen and oxygen atoms in total. The molecule has 0 bridgehead atoms. The first kappa shape index (κ1) is 40.5. The highest BCUT2D eigenvalue weighted by atomic mass is 15.1. The molecule has 0 spiro atoms. The van der Waals surface area contributed by atoms with Crippen LogP contribution in [0.3, 0.4) is 0 Å². The van der Waals surface area contributed by atoms with Crippen molar-refractivity contribution in [2.24, 2.45) is 0 Å². The molecule has 0 atom stereocenters. The molecule has 0 N–H and O–H groups in total. The molecule has 0 aliphatic rings. The van der Waals surface area contributed by atoms with Gasteiger partial charge >= 0.3 is 0 Å². The van der Waals surface area contributed by atoms with Crippen LogP contribution in [-0.4, -0.2) is 4.57 Å². The molecule has 12 rings (SSSR count). The molecule has 1 heterocycles. The normalized spacial score (nSPS) is 11.2. The highest BCUT2D eigenvalue weighted by Gasteiger charge is 2.19. The maximum atomic E-state index is 2.39. The average Bonchev–Trinajstić information content (AvgIpc) is 3.77. The Morgan fingerprint density at radius 2 is 0.618 bits per heavy atom. The zero-order chi connectivity index (χ0) is 45.2. The van der Waals surface area contributed by atoms with Gasteiger partial charge in [0.15, 0.2) is 0 Å². The Kier molecular flexibility index (Phi) is 10.6. The van der Waals surface area contributed by atoms with E-state index in [9.17, 15) is 0 Å². The molecule has 1 aromatic heterocycles. The summed E-state index contributed by atoms with van der Waals surface area (Å²) in [6.45, 7) is 0. The van der Waals surface area contributed by atoms with Crippen molar-refractivity contribution >= 4 is 38.9 Å². The molecule has 0 aliphatic heterocycles. The predicted molar refractivity (Wildman–Crippen MR) is 288 cm³/mol. The van der Waals surface area contributed by atoms with Gasteiger partial charge in [0.2, 0.25) is 0 Å². The summed E-state index contributed by atoms with van der Waals surface area (Å²) in [5.74, 6) is 0. The van der Waals surface area contributed by atoms with E-state index in [0.29, 0.717) is 0 Å². The standard InChI is InChI=1S/C66H46N2/c1-5-17-47(18-6-1)50-31-33-51(34-32-50)52-35-39-59(40-36-52)67(60-41-37-53(38-42-60)57-44-55(48-19-7-2-8-20-48)43-56(45-57)49-21-9-3-10-22-49)61-26-15-23-54(46-61)62-28-16-30-65-66(62)63-27-13-14-29-64(63)68(65)58-24-11-4-12-25-58/h1-46H. The van der Waals surface area contributed by atoms with Crippen molar-refractivity contribution in [1.29, 1.82) is 0 Å². The monoisotopic (exact) mass is 866 g/mol. The third kappa shape index (κ3) is 7.74. The van der Waals surface area contributed by atoms with Crippen LogP contribution in [-0.2, 0) is 0 Å². The van der Waals surface area contributed by atoms with Gasteiger partial charge in [-0.15, -0.1) is 0 Å². The fourth-order valence-corrected chi connectivity index (χ4v) is 9.86. The second kappa shape index (κ2) is 17.8. The van der Waals surface area contributed by atoms with Gasteiger partial charge in [0.1, 0.15) is 0 Å². The van der Waals surface area contributed by atoms with Crippen LogP contribution in [0.2, 0.25) is 0 Å². The van der Waals surface area contributed by atoms with E-state index in [1.165, 1.54) is 77.4 Å². The summed E-state index contributed by atoms with van der Waals surface area (Å²) in [5, 5.41) is 2.48. The second-order valence-electron chi connectivity index (χ2n) is 17.3. The number of hydrogen-bond donors (Lipinski definition) is 0. The van der Waals surface area contributed by atoms with Crippen molar-refractivity contribution in [3.05, 3.63) is 279 Å². The minimum atomic E-state index is 1.08. The van der Waals surface area contributed by atoms with E-state index in [-0.39, 0.29) is 0 Å². The van der Waals surface area contributed by atoms with E-state index in [1.54, 1.807) is 0 Å². The lowest BCUT2D eigenvalue weighted by atomic mass is 9.93. The van der Waals surface area contributed by atoms with Gasteiger partial charge in [-0.05, 0) is 146 Å². The Bertz CT molecular complexity index is 3610. The average molecular weight is 867 g/mol. The maximum absolute atomic E-state index is 2.39. The summed E-state index contributed by atoms with van der Waals surface area (Å²) in [6.07, 6.45) is 0. The smallest absolute Gasteiger partial charge is 0.0547 e. The SMILES string of the molecule is c1ccc(-c2ccc(-c3ccc(N(c4ccc(-c5cc(-c6ccccc6)cc(-c6ccccc6)c5)cc4)c4cccc(-c5cccc6c5c5ccccc5n6-c5ccccc5)c4)cc3)cc2)cc1. The first-order chi connectivity index (χ1) is 33.7. The predicted octanol–water partition coefficient (Wildman–Crippen LogP) is 18.3. The summed E-state index contributed by atoms with van der Waals surface area (Å²) < 4.78 is 2.39. The lowest BCUT2D eigenvalue weighted by molar-refractivity contribution is 1.18. The summed E-state index contributed by atoms with van der Waals surface area (Å²) in [6, 6.07) is 101. The molecule has 0 saturated heterocycles. The van der Waals surface area contributed by atoms with Crippen LogP contribution in [0.4, 0.5) is 17.1 Å². The van der Waals surface area contributed by atoms with E-state index >= 15 is 0 Å². The number of fused-ring (bicyclic) bond motifs is 3. The molecule has 2 heteroatoms. The summed E-state index contributed by atoms with van der Waals surface area (Å²) in [4.78, 5) is 2.39. The van der Waals surface area contributed by atoms with E-state index in [4.69, 9.17) is 0 Å². The molecule has 0 aliphatic carbocycles. The Hall–Kier alpha value is -8.98. The Morgan fingerprint density at radius 1 is 0.235 bits per heavy atom. The van der Waals surface area contributed by atoms with E-state index in [0.717, 1.165) is 33.9 Å². The van der Waals surface area contributed by atoms with Gasteiger partial charge in [-0.25, -0.2) is 0 Å². The van der Waals surface area contributed by atoms with Crippen LogP contribution < -0.4 is 4.90 Å². The van der Waals surface area contributed by atoms with Gasteiger partial charge in [0, 0.05) is 33.5 Å². The van der Waals surface area contributed by atoms with Gasteiger partial charge in [-0.3, -0.25) is 0 Å². The minimum Gasteiger partial charge on any atom is -0.310 e. The highest BCUT2D eigenvalue weighted by molar-refractivity contribution is 6.16. The highest BCUT2D eigenvalue weighted by Crippen LogP contribution is 2.43. The lowest BCUT2D eigenvalue weighted by Gasteiger charge is -2.26. The molecule has 320 valence electrons. The van der Waals surface area contributed by atoms with Gasteiger partial charge < -0.3 is 9.47 Å². The molecule has 0 saturated carbocycles. The quantitative estimate of drug-likeness (QED) is 0.133. The van der Waals surface area contributed by atoms with Crippen LogP contribution in [0, 0.1) is 0 Å².